The zero-order chi connectivity index (χ0) is 12.0. The number of benzene rings is 1. The van der Waals surface area contributed by atoms with Crippen molar-refractivity contribution in [2.45, 2.75) is 19.8 Å². The fraction of sp³-hybridized carbons (Fsp3) is 0.500. The molecule has 0 spiro atoms. The number of hydrogen-bond donors (Lipinski definition) is 3. The van der Waals surface area contributed by atoms with Crippen LogP contribution in [0.2, 0.25) is 0 Å². The Balaban J connectivity index is 2.32. The van der Waals surface area contributed by atoms with Gasteiger partial charge >= 0.3 is 0 Å². The Hall–Kier alpha value is -0.740. The molecule has 4 N–H and O–H groups in total. The van der Waals surface area contributed by atoms with Gasteiger partial charge in [-0.1, -0.05) is 6.92 Å². The normalized spacial score (nSPS) is 12.4. The molecule has 1 unspecified atom stereocenters. The lowest BCUT2D eigenvalue weighted by molar-refractivity contribution is 0.229. The number of anilines is 2. The van der Waals surface area contributed by atoms with E-state index >= 15 is 0 Å². The molecule has 0 aromatic heterocycles. The minimum atomic E-state index is 0.269. The molecule has 90 valence electrons. The van der Waals surface area contributed by atoms with E-state index in [9.17, 15) is 0 Å². The van der Waals surface area contributed by atoms with Crippen LogP contribution in [-0.4, -0.2) is 18.3 Å². The van der Waals surface area contributed by atoms with Gasteiger partial charge in [-0.2, -0.15) is 0 Å². The maximum atomic E-state index is 8.88. The largest absolute Gasteiger partial charge is 0.399 e. The van der Waals surface area contributed by atoms with Crippen molar-refractivity contribution in [3.63, 3.8) is 0 Å². The van der Waals surface area contributed by atoms with Crippen molar-refractivity contribution < 1.29 is 5.11 Å². The molecule has 1 atom stereocenters. The molecule has 0 fully saturated rings. The third-order valence-corrected chi connectivity index (χ3v) is 3.15. The van der Waals surface area contributed by atoms with Crippen molar-refractivity contribution in [1.29, 1.82) is 0 Å². The second-order valence-electron chi connectivity index (χ2n) is 4.10. The van der Waals surface area contributed by atoms with Gasteiger partial charge in [0.05, 0.1) is 0 Å². The summed E-state index contributed by atoms with van der Waals surface area (Å²) in [5, 5.41) is 12.2. The number of rotatable bonds is 6. The first-order valence-corrected chi connectivity index (χ1v) is 6.32. The van der Waals surface area contributed by atoms with E-state index in [1.54, 1.807) is 0 Å². The van der Waals surface area contributed by atoms with Gasteiger partial charge < -0.3 is 16.2 Å². The lowest BCUT2D eigenvalue weighted by Gasteiger charge is -2.11. The van der Waals surface area contributed by atoms with Crippen LogP contribution in [0.3, 0.4) is 0 Å². The number of hydrogen-bond acceptors (Lipinski definition) is 3. The smallest absolute Gasteiger partial charge is 0.0486 e. The zero-order valence-electron chi connectivity index (χ0n) is 9.54. The third kappa shape index (κ3) is 4.41. The maximum Gasteiger partial charge on any atom is 0.0486 e. The highest BCUT2D eigenvalue weighted by Gasteiger charge is 2.01. The molecule has 1 aromatic carbocycles. The number of nitrogens with two attached hydrogens (primary N) is 1. The minimum absolute atomic E-state index is 0.269. The van der Waals surface area contributed by atoms with E-state index in [0.29, 0.717) is 5.92 Å². The first kappa shape index (κ1) is 13.3. The van der Waals surface area contributed by atoms with Gasteiger partial charge in [0.1, 0.15) is 0 Å². The summed E-state index contributed by atoms with van der Waals surface area (Å²) in [6, 6.07) is 5.73. The SMILES string of the molecule is CC(CO)CCCNc1ccc(N)cc1Br. The van der Waals surface area contributed by atoms with Crippen LogP contribution in [-0.2, 0) is 0 Å². The molecule has 1 aromatic rings. The molecule has 1 rings (SSSR count). The van der Waals surface area contributed by atoms with Gasteiger partial charge in [-0.15, -0.1) is 0 Å². The average Bonchev–Trinajstić information content (AvgIpc) is 2.26. The van der Waals surface area contributed by atoms with Crippen molar-refractivity contribution in [1.82, 2.24) is 0 Å². The minimum Gasteiger partial charge on any atom is -0.399 e. The number of nitrogen functional groups attached to an aromatic ring is 1. The quantitative estimate of drug-likeness (QED) is 0.557. The standard InChI is InChI=1S/C12H19BrN2O/c1-9(8-16)3-2-6-15-12-5-4-10(14)7-11(12)13/h4-5,7,9,15-16H,2-3,6,8,14H2,1H3. The summed E-state index contributed by atoms with van der Waals surface area (Å²) in [4.78, 5) is 0. The monoisotopic (exact) mass is 286 g/mol. The van der Waals surface area contributed by atoms with E-state index in [2.05, 4.69) is 28.2 Å². The summed E-state index contributed by atoms with van der Waals surface area (Å²) in [6.07, 6.45) is 2.09. The van der Waals surface area contributed by atoms with E-state index in [-0.39, 0.29) is 6.61 Å². The fourth-order valence-corrected chi connectivity index (χ4v) is 1.98. The van der Waals surface area contributed by atoms with E-state index in [4.69, 9.17) is 10.8 Å². The van der Waals surface area contributed by atoms with Crippen LogP contribution in [0.25, 0.3) is 0 Å². The summed E-state index contributed by atoms with van der Waals surface area (Å²) < 4.78 is 0.989. The Morgan fingerprint density at radius 3 is 2.88 bits per heavy atom. The molecule has 0 amide bonds. The van der Waals surface area contributed by atoms with Crippen LogP contribution in [0.4, 0.5) is 11.4 Å². The second kappa shape index (κ2) is 6.76. The van der Waals surface area contributed by atoms with Gasteiger partial charge in [0.25, 0.3) is 0 Å². The molecule has 0 radical (unpaired) electrons. The zero-order valence-corrected chi connectivity index (χ0v) is 11.1. The van der Waals surface area contributed by atoms with Crippen molar-refractivity contribution in [2.24, 2.45) is 5.92 Å². The lowest BCUT2D eigenvalue weighted by Crippen LogP contribution is -2.06. The number of nitrogens with one attached hydrogen (secondary N) is 1. The van der Waals surface area contributed by atoms with Gasteiger partial charge in [-0.25, -0.2) is 0 Å². The highest BCUT2D eigenvalue weighted by atomic mass is 79.9. The molecule has 0 aliphatic carbocycles. The Kier molecular flexibility index (Phi) is 5.63. The van der Waals surface area contributed by atoms with Crippen LogP contribution in [0.15, 0.2) is 22.7 Å². The lowest BCUT2D eigenvalue weighted by atomic mass is 10.1. The summed E-state index contributed by atoms with van der Waals surface area (Å²) in [5.74, 6) is 0.386. The van der Waals surface area contributed by atoms with Gasteiger partial charge in [-0.3, -0.25) is 0 Å². The van der Waals surface area contributed by atoms with E-state index in [1.807, 2.05) is 18.2 Å². The van der Waals surface area contributed by atoms with Crippen LogP contribution in [0, 0.1) is 5.92 Å². The predicted octanol–water partition coefficient (Wildman–Crippen LogP) is 2.85. The first-order chi connectivity index (χ1) is 7.63. The van der Waals surface area contributed by atoms with Crippen molar-refractivity contribution >= 4 is 27.3 Å². The first-order valence-electron chi connectivity index (χ1n) is 5.53. The highest BCUT2D eigenvalue weighted by molar-refractivity contribution is 9.10. The molecule has 0 heterocycles. The van der Waals surface area contributed by atoms with Crippen LogP contribution < -0.4 is 11.1 Å². The van der Waals surface area contributed by atoms with Crippen LogP contribution in [0.1, 0.15) is 19.8 Å². The van der Waals surface area contributed by atoms with E-state index < -0.39 is 0 Å². The third-order valence-electron chi connectivity index (χ3n) is 2.49. The van der Waals surface area contributed by atoms with Gasteiger partial charge in [0.15, 0.2) is 0 Å². The molecule has 0 saturated carbocycles. The fourth-order valence-electron chi connectivity index (χ4n) is 1.44. The molecular weight excluding hydrogens is 268 g/mol. The van der Waals surface area contributed by atoms with E-state index in [0.717, 1.165) is 35.2 Å². The van der Waals surface area contributed by atoms with E-state index in [1.165, 1.54) is 0 Å². The molecular formula is C12H19BrN2O. The summed E-state index contributed by atoms with van der Waals surface area (Å²) in [5.41, 5.74) is 7.47. The predicted molar refractivity (Wildman–Crippen MR) is 72.5 cm³/mol. The number of halogens is 1. The second-order valence-corrected chi connectivity index (χ2v) is 4.95. The maximum absolute atomic E-state index is 8.88. The Bertz CT molecular complexity index is 331. The molecule has 4 heteroatoms. The molecule has 3 nitrogen and oxygen atoms in total. The Labute approximate surface area is 105 Å². The van der Waals surface area contributed by atoms with Crippen LogP contribution >= 0.6 is 15.9 Å². The molecule has 0 saturated heterocycles. The summed E-state index contributed by atoms with van der Waals surface area (Å²) in [6.45, 7) is 3.23. The van der Waals surface area contributed by atoms with Gasteiger partial charge in [0.2, 0.25) is 0 Å². The molecule has 0 aliphatic heterocycles. The Morgan fingerprint density at radius 2 is 2.25 bits per heavy atom. The van der Waals surface area contributed by atoms with Crippen molar-refractivity contribution in [2.75, 3.05) is 24.2 Å². The van der Waals surface area contributed by atoms with Crippen molar-refractivity contribution in [3.8, 4) is 0 Å². The average molecular weight is 287 g/mol. The van der Waals surface area contributed by atoms with Crippen LogP contribution in [0.5, 0.6) is 0 Å². The number of aliphatic hydroxyl groups excluding tert-OH is 1. The molecule has 0 aliphatic rings. The Morgan fingerprint density at radius 1 is 1.50 bits per heavy atom. The summed E-state index contributed by atoms with van der Waals surface area (Å²) in [7, 11) is 0. The highest BCUT2D eigenvalue weighted by Crippen LogP contribution is 2.24. The van der Waals surface area contributed by atoms with Gasteiger partial charge in [0, 0.05) is 29.0 Å². The topological polar surface area (TPSA) is 58.3 Å². The van der Waals surface area contributed by atoms with Crippen molar-refractivity contribution in [3.05, 3.63) is 22.7 Å². The molecule has 16 heavy (non-hydrogen) atoms. The number of aliphatic hydroxyl groups is 1. The summed E-state index contributed by atoms with van der Waals surface area (Å²) >= 11 is 3.46. The van der Waals surface area contributed by atoms with Gasteiger partial charge in [-0.05, 0) is 52.9 Å². The molecule has 0 bridgehead atoms.